The van der Waals surface area contributed by atoms with Crippen LogP contribution < -0.4 is 20.1 Å². The molecule has 0 radical (unpaired) electrons. The molecule has 4 N–H and O–H groups in total. The van der Waals surface area contributed by atoms with Crippen LogP contribution in [0.3, 0.4) is 0 Å². The molecule has 0 atom stereocenters. The lowest BCUT2D eigenvalue weighted by atomic mass is 10.0. The van der Waals surface area contributed by atoms with Crippen LogP contribution in [0.2, 0.25) is 0 Å². The first-order valence-electron chi connectivity index (χ1n) is 10.1. The molecule has 2 aromatic carbocycles. The van der Waals surface area contributed by atoms with Gasteiger partial charge in [-0.3, -0.25) is 9.59 Å². The minimum atomic E-state index is -4.69. The molecule has 1 saturated heterocycles. The lowest BCUT2D eigenvalue weighted by molar-refractivity contribution is -0.137. The third-order valence-corrected chi connectivity index (χ3v) is 6.37. The van der Waals surface area contributed by atoms with E-state index in [9.17, 15) is 35.6 Å². The van der Waals surface area contributed by atoms with Crippen LogP contribution in [-0.4, -0.2) is 39.4 Å². The fraction of sp³-hybridized carbons (Fsp3) is 0.333. The molecule has 1 fully saturated rings. The van der Waals surface area contributed by atoms with Gasteiger partial charge in [0.05, 0.1) is 16.8 Å². The Morgan fingerprint density at radius 3 is 2.32 bits per heavy atom. The van der Waals surface area contributed by atoms with Crippen molar-refractivity contribution in [3.63, 3.8) is 0 Å². The summed E-state index contributed by atoms with van der Waals surface area (Å²) in [5, 5.41) is 0. The zero-order chi connectivity index (χ0) is 25.3. The van der Waals surface area contributed by atoms with E-state index in [0.29, 0.717) is 11.8 Å². The molecular weight excluding hydrogens is 480 g/mol. The van der Waals surface area contributed by atoms with Crippen molar-refractivity contribution in [3.05, 3.63) is 64.5 Å². The number of piperidine rings is 1. The third kappa shape index (κ3) is 6.23. The summed E-state index contributed by atoms with van der Waals surface area (Å²) in [7, 11) is -4.38. The molecule has 34 heavy (non-hydrogen) atoms. The third-order valence-electron chi connectivity index (χ3n) is 5.28. The Morgan fingerprint density at radius 2 is 1.74 bits per heavy atom. The molecule has 1 aliphatic rings. The van der Waals surface area contributed by atoms with Gasteiger partial charge in [0.25, 0.3) is 11.8 Å². The number of hydrogen-bond acceptors (Lipinski definition) is 5. The van der Waals surface area contributed by atoms with E-state index in [1.54, 1.807) is 9.62 Å². The highest BCUT2D eigenvalue weighted by Gasteiger charge is 2.32. The molecular formula is C21H22F4N4O4S. The number of carbonyl (C=O) groups is 2. The summed E-state index contributed by atoms with van der Waals surface area (Å²) < 4.78 is 81.5. The number of amides is 2. The zero-order valence-electron chi connectivity index (χ0n) is 17.9. The van der Waals surface area contributed by atoms with Gasteiger partial charge in [-0.25, -0.2) is 9.11 Å². The largest absolute Gasteiger partial charge is 0.416 e. The van der Waals surface area contributed by atoms with Crippen molar-refractivity contribution in [3.8, 4) is 0 Å². The van der Waals surface area contributed by atoms with Gasteiger partial charge in [0.1, 0.15) is 5.82 Å². The van der Waals surface area contributed by atoms with Gasteiger partial charge in [-0.2, -0.15) is 26.3 Å². The fourth-order valence-corrected chi connectivity index (χ4v) is 4.82. The van der Waals surface area contributed by atoms with E-state index in [2.05, 4.69) is 4.72 Å². The van der Waals surface area contributed by atoms with Gasteiger partial charge in [0.2, 0.25) is 0 Å². The molecule has 0 saturated carbocycles. The van der Waals surface area contributed by atoms with Crippen LogP contribution in [0.5, 0.6) is 0 Å². The molecule has 0 bridgehead atoms. The number of carbonyl (C=O) groups excluding carboxylic acids is 2. The van der Waals surface area contributed by atoms with Gasteiger partial charge in [-0.1, -0.05) is 0 Å². The number of nitrogens with two attached hydrogens (primary N) is 1. The van der Waals surface area contributed by atoms with E-state index in [1.807, 2.05) is 0 Å². The van der Waals surface area contributed by atoms with E-state index in [-0.39, 0.29) is 37.1 Å². The topological polar surface area (TPSA) is 122 Å². The number of aryl methyl sites for hydroxylation is 1. The van der Waals surface area contributed by atoms with Crippen molar-refractivity contribution < 1.29 is 35.6 Å². The summed E-state index contributed by atoms with van der Waals surface area (Å²) in [6.07, 6.45) is -4.18. The van der Waals surface area contributed by atoms with Crippen LogP contribution in [0.25, 0.3) is 0 Å². The van der Waals surface area contributed by atoms with E-state index in [0.717, 1.165) is 18.2 Å². The molecule has 184 valence electrons. The van der Waals surface area contributed by atoms with Crippen LogP contribution in [0, 0.1) is 12.7 Å². The van der Waals surface area contributed by atoms with Gasteiger partial charge in [0.15, 0.2) is 0 Å². The summed E-state index contributed by atoms with van der Waals surface area (Å²) in [6, 6.07) is 5.52. The Morgan fingerprint density at radius 1 is 1.09 bits per heavy atom. The first kappa shape index (κ1) is 25.4. The molecule has 1 heterocycles. The van der Waals surface area contributed by atoms with Crippen LogP contribution in [0.1, 0.15) is 44.7 Å². The second-order valence-corrected chi connectivity index (χ2v) is 9.37. The van der Waals surface area contributed by atoms with Crippen LogP contribution >= 0.6 is 0 Å². The van der Waals surface area contributed by atoms with Crippen LogP contribution in [-0.2, 0) is 16.4 Å². The molecule has 0 aromatic heterocycles. The number of alkyl halides is 3. The van der Waals surface area contributed by atoms with Gasteiger partial charge in [-0.15, -0.1) is 0 Å². The van der Waals surface area contributed by atoms with Gasteiger partial charge < -0.3 is 10.6 Å². The monoisotopic (exact) mass is 502 g/mol. The lowest BCUT2D eigenvalue weighted by Crippen LogP contribution is -2.49. The maximum absolute atomic E-state index is 13.7. The molecule has 3 rings (SSSR count). The number of primary amides is 1. The number of nitrogens with zero attached hydrogens (tertiary/aromatic N) is 1. The highest BCUT2D eigenvalue weighted by atomic mass is 32.2. The smallest absolute Gasteiger partial charge is 0.371 e. The minimum Gasteiger partial charge on any atom is -0.371 e. The van der Waals surface area contributed by atoms with Gasteiger partial charge >= 0.3 is 16.4 Å². The molecule has 8 nitrogen and oxygen atoms in total. The number of rotatable bonds is 6. The fourth-order valence-electron chi connectivity index (χ4n) is 3.72. The summed E-state index contributed by atoms with van der Waals surface area (Å²) in [4.78, 5) is 25.6. The van der Waals surface area contributed by atoms with Crippen molar-refractivity contribution in [2.24, 2.45) is 5.73 Å². The molecule has 2 amide bonds. The number of halogens is 4. The Bertz CT molecular complexity index is 1210. The number of nitrogens with one attached hydrogen (secondary N) is 2. The van der Waals surface area contributed by atoms with Crippen molar-refractivity contribution in [1.82, 2.24) is 9.44 Å². The van der Waals surface area contributed by atoms with Crippen LogP contribution in [0.4, 0.5) is 23.2 Å². The summed E-state index contributed by atoms with van der Waals surface area (Å²) in [5.74, 6) is -2.49. The van der Waals surface area contributed by atoms with Gasteiger partial charge in [0, 0.05) is 24.7 Å². The minimum absolute atomic E-state index is 0.129. The molecule has 13 heteroatoms. The Hall–Kier alpha value is -3.19. The highest BCUT2D eigenvalue weighted by Crippen LogP contribution is 2.30. The first-order valence-corrected chi connectivity index (χ1v) is 11.6. The average Bonchev–Trinajstić information content (AvgIpc) is 2.72. The van der Waals surface area contributed by atoms with Crippen molar-refractivity contribution in [2.75, 3.05) is 18.0 Å². The highest BCUT2D eigenvalue weighted by molar-refractivity contribution is 7.88. The maximum Gasteiger partial charge on any atom is 0.416 e. The maximum atomic E-state index is 13.7. The predicted octanol–water partition coefficient (Wildman–Crippen LogP) is 2.49. The first-order chi connectivity index (χ1) is 15.7. The zero-order valence-corrected chi connectivity index (χ0v) is 18.8. The summed E-state index contributed by atoms with van der Waals surface area (Å²) in [5.41, 5.74) is 4.39. The van der Waals surface area contributed by atoms with Crippen molar-refractivity contribution >= 4 is 27.7 Å². The Kier molecular flexibility index (Phi) is 7.17. The lowest BCUT2D eigenvalue weighted by Gasteiger charge is -2.34. The number of anilines is 1. The van der Waals surface area contributed by atoms with Gasteiger partial charge in [-0.05, 0) is 61.7 Å². The standard InChI is InChI=1S/C21H22F4N4O4S/c1-12-8-13(10-14(9-12)21(23,24)25)20(31)28-34(32,33)27-16-4-6-29(7-5-16)18-11-15(22)2-3-17(18)19(26)30/h2-3,8-11,16,27H,4-7H2,1H3,(H2,26,30)(H,28,31). The van der Waals surface area contributed by atoms with Crippen molar-refractivity contribution in [2.45, 2.75) is 32.0 Å². The quantitative estimate of drug-likeness (QED) is 0.524. The van der Waals surface area contributed by atoms with Crippen molar-refractivity contribution in [1.29, 1.82) is 0 Å². The average molecular weight is 502 g/mol. The normalized spacial score (nSPS) is 15.3. The molecule has 0 spiro atoms. The number of hydrogen-bond donors (Lipinski definition) is 3. The van der Waals surface area contributed by atoms with E-state index < -0.39 is 51.2 Å². The van der Waals surface area contributed by atoms with E-state index in [1.165, 1.54) is 19.1 Å². The molecule has 0 unspecified atom stereocenters. The Labute approximate surface area is 193 Å². The van der Waals surface area contributed by atoms with Crippen LogP contribution in [0.15, 0.2) is 36.4 Å². The Balaban J connectivity index is 1.64. The molecule has 2 aromatic rings. The molecule has 0 aliphatic carbocycles. The second-order valence-electron chi connectivity index (χ2n) is 7.92. The molecule has 1 aliphatic heterocycles. The van der Waals surface area contributed by atoms with E-state index in [4.69, 9.17) is 5.73 Å². The summed E-state index contributed by atoms with van der Waals surface area (Å²) >= 11 is 0. The number of benzene rings is 2. The van der Waals surface area contributed by atoms with E-state index >= 15 is 0 Å². The predicted molar refractivity (Wildman–Crippen MR) is 116 cm³/mol. The second kappa shape index (κ2) is 9.58. The summed E-state index contributed by atoms with van der Waals surface area (Å²) in [6.45, 7) is 1.88. The SMILES string of the molecule is Cc1cc(C(=O)NS(=O)(=O)NC2CCN(c3cc(F)ccc3C(N)=O)CC2)cc(C(F)(F)F)c1.